The second kappa shape index (κ2) is 6.41. The predicted octanol–water partition coefficient (Wildman–Crippen LogP) is 0.653. The Bertz CT molecular complexity index is 760. The maximum atomic E-state index is 11.6. The van der Waals surface area contributed by atoms with Gasteiger partial charge in [0.05, 0.1) is 18.7 Å². The highest BCUT2D eigenvalue weighted by molar-refractivity contribution is 6.30. The molecule has 0 spiro atoms. The van der Waals surface area contributed by atoms with Gasteiger partial charge in [0, 0.05) is 19.2 Å². The first-order valence-corrected chi connectivity index (χ1v) is 7.67. The van der Waals surface area contributed by atoms with Crippen molar-refractivity contribution >= 4 is 40.3 Å². The number of amides is 1. The van der Waals surface area contributed by atoms with Crippen LogP contribution in [0.4, 0.5) is 5.82 Å². The van der Waals surface area contributed by atoms with Crippen LogP contribution in [-0.2, 0) is 20.7 Å². The summed E-state index contributed by atoms with van der Waals surface area (Å²) in [6.45, 7) is 3.42. The number of H-pyrrole nitrogens is 1. The number of esters is 1. The maximum absolute atomic E-state index is 11.6. The summed E-state index contributed by atoms with van der Waals surface area (Å²) in [5.41, 5.74) is 1.26. The number of rotatable bonds is 4. The minimum Gasteiger partial charge on any atom is -0.466 e. The molecule has 0 unspecified atom stereocenters. The van der Waals surface area contributed by atoms with Crippen LogP contribution in [0, 0.1) is 0 Å². The minimum absolute atomic E-state index is 0.0417. The fourth-order valence-corrected chi connectivity index (χ4v) is 2.68. The molecule has 0 atom stereocenters. The molecule has 2 aromatic heterocycles. The molecule has 1 aliphatic rings. The SMILES string of the molecule is CCOC(=O)Cc1nc2c(N3CCNC(=O)C3)nc(Cl)cc2[nH]1. The number of hydrogen-bond acceptors (Lipinski definition) is 6. The fourth-order valence-electron chi connectivity index (χ4n) is 2.49. The van der Waals surface area contributed by atoms with Crippen molar-refractivity contribution in [3.8, 4) is 0 Å². The molecule has 0 aromatic carbocycles. The van der Waals surface area contributed by atoms with E-state index in [0.29, 0.717) is 47.5 Å². The summed E-state index contributed by atoms with van der Waals surface area (Å²) in [7, 11) is 0. The number of carbonyl (C=O) groups excluding carboxylic acids is 2. The number of nitrogens with zero attached hydrogens (tertiary/aromatic N) is 3. The number of nitrogens with one attached hydrogen (secondary N) is 2. The smallest absolute Gasteiger partial charge is 0.313 e. The lowest BCUT2D eigenvalue weighted by Gasteiger charge is -2.27. The van der Waals surface area contributed by atoms with E-state index in [1.54, 1.807) is 13.0 Å². The largest absolute Gasteiger partial charge is 0.466 e. The van der Waals surface area contributed by atoms with E-state index in [0.717, 1.165) is 0 Å². The van der Waals surface area contributed by atoms with Gasteiger partial charge in [-0.3, -0.25) is 9.59 Å². The molecule has 3 rings (SSSR count). The van der Waals surface area contributed by atoms with Crippen molar-refractivity contribution < 1.29 is 14.3 Å². The van der Waals surface area contributed by atoms with E-state index < -0.39 is 0 Å². The first-order valence-electron chi connectivity index (χ1n) is 7.29. The summed E-state index contributed by atoms with van der Waals surface area (Å²) >= 11 is 6.07. The van der Waals surface area contributed by atoms with Crippen LogP contribution in [0.15, 0.2) is 6.07 Å². The lowest BCUT2D eigenvalue weighted by atomic mass is 10.3. The van der Waals surface area contributed by atoms with Crippen LogP contribution >= 0.6 is 11.6 Å². The van der Waals surface area contributed by atoms with Crippen LogP contribution in [0.2, 0.25) is 5.15 Å². The van der Waals surface area contributed by atoms with Gasteiger partial charge in [-0.2, -0.15) is 0 Å². The van der Waals surface area contributed by atoms with Crippen molar-refractivity contribution in [2.75, 3.05) is 31.1 Å². The molecule has 0 radical (unpaired) electrons. The van der Waals surface area contributed by atoms with Crippen molar-refractivity contribution in [2.24, 2.45) is 0 Å². The number of aromatic nitrogens is 3. The van der Waals surface area contributed by atoms with Gasteiger partial charge in [0.1, 0.15) is 22.9 Å². The second-order valence-corrected chi connectivity index (χ2v) is 5.49. The Morgan fingerprint density at radius 2 is 2.30 bits per heavy atom. The molecule has 0 aliphatic carbocycles. The molecule has 1 fully saturated rings. The lowest BCUT2D eigenvalue weighted by Crippen LogP contribution is -2.48. The Labute approximate surface area is 137 Å². The molecule has 2 N–H and O–H groups in total. The van der Waals surface area contributed by atoms with E-state index in [-0.39, 0.29) is 24.8 Å². The van der Waals surface area contributed by atoms with Gasteiger partial charge in [0.15, 0.2) is 5.82 Å². The molecule has 1 amide bonds. The van der Waals surface area contributed by atoms with Gasteiger partial charge in [0.25, 0.3) is 0 Å². The number of hydrogen-bond donors (Lipinski definition) is 2. The van der Waals surface area contributed by atoms with E-state index in [9.17, 15) is 9.59 Å². The highest BCUT2D eigenvalue weighted by Gasteiger charge is 2.22. The van der Waals surface area contributed by atoms with Crippen LogP contribution in [0.3, 0.4) is 0 Å². The number of carbonyl (C=O) groups is 2. The Kier molecular flexibility index (Phi) is 4.33. The molecule has 2 aromatic rings. The number of pyridine rings is 1. The quantitative estimate of drug-likeness (QED) is 0.627. The normalized spacial score (nSPS) is 14.9. The predicted molar refractivity (Wildman–Crippen MR) is 84.5 cm³/mol. The van der Waals surface area contributed by atoms with E-state index in [1.165, 1.54) is 0 Å². The third-order valence-corrected chi connectivity index (χ3v) is 3.62. The first-order chi connectivity index (χ1) is 11.1. The highest BCUT2D eigenvalue weighted by atomic mass is 35.5. The number of piperazine rings is 1. The van der Waals surface area contributed by atoms with Crippen LogP contribution in [0.1, 0.15) is 12.7 Å². The van der Waals surface area contributed by atoms with Crippen LogP contribution in [0.25, 0.3) is 11.0 Å². The molecule has 122 valence electrons. The first kappa shape index (κ1) is 15.5. The van der Waals surface area contributed by atoms with Crippen molar-refractivity contribution in [1.82, 2.24) is 20.3 Å². The standard InChI is InChI=1S/C14H16ClN5O3/c1-2-23-12(22)6-10-17-8-5-9(15)18-14(13(8)19-10)20-4-3-16-11(21)7-20/h5H,2-4,6-7H2,1H3,(H,16,21)(H,17,19). The van der Waals surface area contributed by atoms with Crippen molar-refractivity contribution in [2.45, 2.75) is 13.3 Å². The number of anilines is 1. The molecule has 23 heavy (non-hydrogen) atoms. The average molecular weight is 338 g/mol. The van der Waals surface area contributed by atoms with E-state index >= 15 is 0 Å². The molecule has 0 bridgehead atoms. The molecule has 9 heteroatoms. The average Bonchev–Trinajstić information content (AvgIpc) is 2.88. The molecular weight excluding hydrogens is 322 g/mol. The van der Waals surface area contributed by atoms with E-state index in [1.807, 2.05) is 4.90 Å². The Morgan fingerprint density at radius 3 is 3.04 bits per heavy atom. The van der Waals surface area contributed by atoms with Gasteiger partial charge >= 0.3 is 5.97 Å². The molecular formula is C14H16ClN5O3. The molecule has 8 nitrogen and oxygen atoms in total. The number of ether oxygens (including phenoxy) is 1. The number of fused-ring (bicyclic) bond motifs is 1. The fraction of sp³-hybridized carbons (Fsp3) is 0.429. The third kappa shape index (κ3) is 3.37. The Morgan fingerprint density at radius 1 is 1.48 bits per heavy atom. The van der Waals surface area contributed by atoms with Crippen LogP contribution in [-0.4, -0.2) is 53.1 Å². The lowest BCUT2D eigenvalue weighted by molar-refractivity contribution is -0.142. The second-order valence-electron chi connectivity index (χ2n) is 5.10. The van der Waals surface area contributed by atoms with Gasteiger partial charge in [-0.15, -0.1) is 0 Å². The Balaban J connectivity index is 1.95. The minimum atomic E-state index is -0.357. The monoisotopic (exact) mass is 337 g/mol. The van der Waals surface area contributed by atoms with Crippen LogP contribution in [0.5, 0.6) is 0 Å². The summed E-state index contributed by atoms with van der Waals surface area (Å²) < 4.78 is 4.92. The van der Waals surface area contributed by atoms with Crippen molar-refractivity contribution in [3.63, 3.8) is 0 Å². The van der Waals surface area contributed by atoms with Gasteiger partial charge in [-0.1, -0.05) is 11.6 Å². The number of aromatic amines is 1. The summed E-state index contributed by atoms with van der Waals surface area (Å²) in [6.07, 6.45) is 0.0417. The zero-order valence-corrected chi connectivity index (χ0v) is 13.3. The van der Waals surface area contributed by atoms with Crippen molar-refractivity contribution in [3.05, 3.63) is 17.0 Å². The number of imidazole rings is 1. The summed E-state index contributed by atoms with van der Waals surface area (Å²) in [5.74, 6) is 0.580. The van der Waals surface area contributed by atoms with E-state index in [2.05, 4.69) is 20.3 Å². The summed E-state index contributed by atoms with van der Waals surface area (Å²) in [5, 5.41) is 3.06. The topological polar surface area (TPSA) is 100 Å². The third-order valence-electron chi connectivity index (χ3n) is 3.42. The zero-order valence-electron chi connectivity index (χ0n) is 12.6. The molecule has 1 saturated heterocycles. The van der Waals surface area contributed by atoms with Gasteiger partial charge in [-0.05, 0) is 6.92 Å². The van der Waals surface area contributed by atoms with E-state index in [4.69, 9.17) is 16.3 Å². The zero-order chi connectivity index (χ0) is 16.4. The van der Waals surface area contributed by atoms with Gasteiger partial charge in [0.2, 0.25) is 5.91 Å². The molecule has 3 heterocycles. The highest BCUT2D eigenvalue weighted by Crippen LogP contribution is 2.26. The molecule has 1 aliphatic heterocycles. The maximum Gasteiger partial charge on any atom is 0.313 e. The molecule has 0 saturated carbocycles. The van der Waals surface area contributed by atoms with Gasteiger partial charge < -0.3 is 19.9 Å². The summed E-state index contributed by atoms with van der Waals surface area (Å²) in [6, 6.07) is 1.64. The summed E-state index contributed by atoms with van der Waals surface area (Å²) in [4.78, 5) is 36.8. The Hall–Kier alpha value is -2.35. The number of halogens is 1. The van der Waals surface area contributed by atoms with Crippen molar-refractivity contribution in [1.29, 1.82) is 0 Å². The van der Waals surface area contributed by atoms with Crippen LogP contribution < -0.4 is 10.2 Å². The van der Waals surface area contributed by atoms with Gasteiger partial charge in [-0.25, -0.2) is 9.97 Å².